The van der Waals surface area contributed by atoms with Crippen LogP contribution in [-0.2, 0) is 24.2 Å². The maximum absolute atomic E-state index is 12.9. The first kappa shape index (κ1) is 21.9. The molecule has 1 amide bonds. The molecule has 9 heteroatoms. The molecule has 0 bridgehead atoms. The van der Waals surface area contributed by atoms with Gasteiger partial charge in [0.25, 0.3) is 5.91 Å². The fraction of sp³-hybridized carbons (Fsp3) is 0.600. The first-order valence-corrected chi connectivity index (χ1v) is 12.1. The average Bonchev–Trinajstić information content (AvgIpc) is 3.05. The lowest BCUT2D eigenvalue weighted by Crippen LogP contribution is -2.50. The van der Waals surface area contributed by atoms with Crippen LogP contribution in [0.15, 0.2) is 24.3 Å². The van der Waals surface area contributed by atoms with Crippen molar-refractivity contribution in [2.45, 2.75) is 50.6 Å². The second kappa shape index (κ2) is 9.80. The molecule has 0 spiro atoms. The molecule has 1 aromatic rings. The maximum Gasteiger partial charge on any atom is 0.344 e. The van der Waals surface area contributed by atoms with E-state index in [9.17, 15) is 18.0 Å². The van der Waals surface area contributed by atoms with E-state index in [0.717, 1.165) is 32.1 Å². The predicted molar refractivity (Wildman–Crippen MR) is 109 cm³/mol. The van der Waals surface area contributed by atoms with Gasteiger partial charge in [0, 0.05) is 17.1 Å². The molecule has 0 unspecified atom stereocenters. The van der Waals surface area contributed by atoms with Crippen LogP contribution in [0.1, 0.15) is 38.5 Å². The predicted octanol–water partition coefficient (Wildman–Crippen LogP) is 2.61. The number of carbonyl (C=O) groups is 2. The SMILES string of the molecule is O=C(COc1cccc(Cl)c1)OCC(=O)N(C1CCCCC1)[C@@H]1CCS(=O)(=O)C1. The summed E-state index contributed by atoms with van der Waals surface area (Å²) in [5.74, 6) is -0.487. The highest BCUT2D eigenvalue weighted by molar-refractivity contribution is 7.91. The fourth-order valence-corrected chi connectivity index (χ4v) is 5.91. The van der Waals surface area contributed by atoms with Gasteiger partial charge in [-0.2, -0.15) is 0 Å². The summed E-state index contributed by atoms with van der Waals surface area (Å²) in [6.07, 6.45) is 5.30. The number of hydrogen-bond donors (Lipinski definition) is 0. The van der Waals surface area contributed by atoms with Gasteiger partial charge in [0.05, 0.1) is 11.5 Å². The fourth-order valence-electron chi connectivity index (χ4n) is 4.02. The smallest absolute Gasteiger partial charge is 0.344 e. The Bertz CT molecular complexity index is 837. The van der Waals surface area contributed by atoms with Gasteiger partial charge in [-0.05, 0) is 37.5 Å². The number of esters is 1. The van der Waals surface area contributed by atoms with Crippen LogP contribution in [0.25, 0.3) is 0 Å². The first-order valence-electron chi connectivity index (χ1n) is 9.89. The summed E-state index contributed by atoms with van der Waals surface area (Å²) in [6.45, 7) is -0.750. The number of sulfone groups is 1. The third-order valence-corrected chi connectivity index (χ3v) is 7.35. The van der Waals surface area contributed by atoms with Crippen LogP contribution in [0.2, 0.25) is 5.02 Å². The summed E-state index contributed by atoms with van der Waals surface area (Å²) < 4.78 is 34.2. The molecule has 7 nitrogen and oxygen atoms in total. The number of amides is 1. The molecule has 2 aliphatic rings. The molecule has 1 saturated carbocycles. The van der Waals surface area contributed by atoms with E-state index in [-0.39, 0.29) is 36.1 Å². The number of halogens is 1. The zero-order valence-corrected chi connectivity index (χ0v) is 17.8. The summed E-state index contributed by atoms with van der Waals surface area (Å²) in [7, 11) is -3.12. The average molecular weight is 444 g/mol. The number of ether oxygens (including phenoxy) is 2. The number of carbonyl (C=O) groups excluding carboxylic acids is 2. The molecule has 0 N–H and O–H groups in total. The van der Waals surface area contributed by atoms with Crippen LogP contribution in [0, 0.1) is 0 Å². The third kappa shape index (κ3) is 6.34. The van der Waals surface area contributed by atoms with E-state index in [2.05, 4.69) is 0 Å². The Morgan fingerprint density at radius 1 is 1.07 bits per heavy atom. The van der Waals surface area contributed by atoms with Crippen molar-refractivity contribution < 1.29 is 27.5 Å². The number of hydrogen-bond acceptors (Lipinski definition) is 6. The highest BCUT2D eigenvalue weighted by Gasteiger charge is 2.38. The summed E-state index contributed by atoms with van der Waals surface area (Å²) in [6, 6.07) is 6.30. The summed E-state index contributed by atoms with van der Waals surface area (Å²) in [5, 5.41) is 0.487. The minimum Gasteiger partial charge on any atom is -0.482 e. The van der Waals surface area contributed by atoms with Crippen LogP contribution >= 0.6 is 11.6 Å². The van der Waals surface area contributed by atoms with Crippen molar-refractivity contribution in [3.63, 3.8) is 0 Å². The van der Waals surface area contributed by atoms with Crippen LogP contribution < -0.4 is 4.74 Å². The van der Waals surface area contributed by atoms with Crippen LogP contribution in [0.4, 0.5) is 0 Å². The third-order valence-electron chi connectivity index (χ3n) is 5.37. The van der Waals surface area contributed by atoms with Gasteiger partial charge in [0.2, 0.25) is 0 Å². The van der Waals surface area contributed by atoms with E-state index in [1.54, 1.807) is 29.2 Å². The van der Waals surface area contributed by atoms with Crippen molar-refractivity contribution in [2.75, 3.05) is 24.7 Å². The van der Waals surface area contributed by atoms with E-state index >= 15 is 0 Å². The molecule has 1 heterocycles. The maximum atomic E-state index is 12.9. The second-order valence-corrected chi connectivity index (χ2v) is 10.2. The number of nitrogens with zero attached hydrogens (tertiary/aromatic N) is 1. The molecule has 29 heavy (non-hydrogen) atoms. The molecule has 0 radical (unpaired) electrons. The van der Waals surface area contributed by atoms with Gasteiger partial charge in [-0.15, -0.1) is 0 Å². The van der Waals surface area contributed by atoms with Crippen molar-refractivity contribution in [3.8, 4) is 5.75 Å². The largest absolute Gasteiger partial charge is 0.482 e. The normalized spacial score (nSPS) is 21.5. The first-order chi connectivity index (χ1) is 13.8. The molecule has 3 rings (SSSR count). The van der Waals surface area contributed by atoms with Gasteiger partial charge in [0.15, 0.2) is 23.1 Å². The Labute approximate surface area is 176 Å². The van der Waals surface area contributed by atoms with E-state index in [0.29, 0.717) is 17.2 Å². The van der Waals surface area contributed by atoms with Crippen molar-refractivity contribution >= 4 is 33.3 Å². The van der Waals surface area contributed by atoms with E-state index in [4.69, 9.17) is 21.1 Å². The summed E-state index contributed by atoms with van der Waals surface area (Å²) in [4.78, 5) is 26.5. The quantitative estimate of drug-likeness (QED) is 0.602. The molecule has 1 aliphatic heterocycles. The van der Waals surface area contributed by atoms with E-state index < -0.39 is 22.4 Å². The highest BCUT2D eigenvalue weighted by Crippen LogP contribution is 2.28. The van der Waals surface area contributed by atoms with Crippen LogP contribution in [-0.4, -0.2) is 62.0 Å². The lowest BCUT2D eigenvalue weighted by atomic mass is 9.93. The van der Waals surface area contributed by atoms with Crippen molar-refractivity contribution in [2.24, 2.45) is 0 Å². The van der Waals surface area contributed by atoms with Gasteiger partial charge >= 0.3 is 5.97 Å². The Balaban J connectivity index is 1.55. The summed E-state index contributed by atoms with van der Waals surface area (Å²) >= 11 is 5.86. The molecular formula is C20H26ClNO6S. The zero-order chi connectivity index (χ0) is 20.9. The Kier molecular flexibility index (Phi) is 7.40. The van der Waals surface area contributed by atoms with Crippen molar-refractivity contribution in [1.82, 2.24) is 4.90 Å². The molecule has 1 saturated heterocycles. The Morgan fingerprint density at radius 3 is 2.48 bits per heavy atom. The second-order valence-electron chi connectivity index (χ2n) is 7.56. The minimum absolute atomic E-state index is 0.0102. The number of rotatable bonds is 7. The van der Waals surface area contributed by atoms with E-state index in [1.807, 2.05) is 0 Å². The summed E-state index contributed by atoms with van der Waals surface area (Å²) in [5.41, 5.74) is 0. The molecule has 2 fully saturated rings. The molecule has 0 aromatic heterocycles. The van der Waals surface area contributed by atoms with Crippen LogP contribution in [0.5, 0.6) is 5.75 Å². The van der Waals surface area contributed by atoms with Gasteiger partial charge in [-0.1, -0.05) is 36.9 Å². The Hall–Kier alpha value is -1.80. The minimum atomic E-state index is -3.12. The highest BCUT2D eigenvalue weighted by atomic mass is 35.5. The van der Waals surface area contributed by atoms with Gasteiger partial charge in [0.1, 0.15) is 5.75 Å². The number of benzene rings is 1. The van der Waals surface area contributed by atoms with E-state index in [1.165, 1.54) is 0 Å². The molecule has 1 aliphatic carbocycles. The van der Waals surface area contributed by atoms with Gasteiger partial charge in [-0.3, -0.25) is 4.79 Å². The van der Waals surface area contributed by atoms with Crippen molar-refractivity contribution in [1.29, 1.82) is 0 Å². The topological polar surface area (TPSA) is 90.0 Å². The molecule has 1 aromatic carbocycles. The molecule has 1 atom stereocenters. The molecule has 160 valence electrons. The van der Waals surface area contributed by atoms with Crippen molar-refractivity contribution in [3.05, 3.63) is 29.3 Å². The standard InChI is InChI=1S/C20H26ClNO6S/c21-15-5-4-8-18(11-15)27-13-20(24)28-12-19(23)22(16-6-2-1-3-7-16)17-9-10-29(25,26)14-17/h4-5,8,11,16-17H,1-3,6-7,9-10,12-14H2/t17-/m1/s1. The van der Waals surface area contributed by atoms with Gasteiger partial charge in [-0.25, -0.2) is 13.2 Å². The monoisotopic (exact) mass is 443 g/mol. The lowest BCUT2D eigenvalue weighted by molar-refractivity contribution is -0.155. The van der Waals surface area contributed by atoms with Crippen LogP contribution in [0.3, 0.4) is 0 Å². The lowest BCUT2D eigenvalue weighted by Gasteiger charge is -2.38. The van der Waals surface area contributed by atoms with Gasteiger partial charge < -0.3 is 14.4 Å². The molecular weight excluding hydrogens is 418 g/mol. The Morgan fingerprint density at radius 2 is 1.83 bits per heavy atom. The zero-order valence-electron chi connectivity index (χ0n) is 16.2.